The molecule has 1 aliphatic heterocycles. The molecule has 1 atom stereocenters. The summed E-state index contributed by atoms with van der Waals surface area (Å²) in [6.45, 7) is 0.753. The average Bonchev–Trinajstić information content (AvgIpc) is 3.04. The minimum atomic E-state index is -1.01. The summed E-state index contributed by atoms with van der Waals surface area (Å²) < 4.78 is 1.62. The number of carboxylic acid groups (broad SMARTS) is 1. The topological polar surface area (TPSA) is 91.5 Å². The van der Waals surface area contributed by atoms with Crippen LogP contribution in [0.2, 0.25) is 0 Å². The Morgan fingerprint density at radius 1 is 1.50 bits per heavy atom. The highest BCUT2D eigenvalue weighted by Crippen LogP contribution is 2.34. The third-order valence-electron chi connectivity index (χ3n) is 3.84. The van der Waals surface area contributed by atoms with Crippen molar-refractivity contribution in [2.45, 2.75) is 18.9 Å². The van der Waals surface area contributed by atoms with Crippen LogP contribution in [0.15, 0.2) is 12.4 Å². The van der Waals surface area contributed by atoms with Crippen LogP contribution in [-0.2, 0) is 7.05 Å². The van der Waals surface area contributed by atoms with Crippen LogP contribution in [0.25, 0.3) is 11.0 Å². The second kappa shape index (κ2) is 4.75. The van der Waals surface area contributed by atoms with Crippen molar-refractivity contribution >= 4 is 22.7 Å². The molecule has 2 aromatic heterocycles. The van der Waals surface area contributed by atoms with E-state index >= 15 is 0 Å². The van der Waals surface area contributed by atoms with Crippen LogP contribution in [0.4, 0.5) is 5.69 Å². The van der Waals surface area contributed by atoms with Gasteiger partial charge in [0.2, 0.25) is 0 Å². The maximum absolute atomic E-state index is 11.5. The first-order valence-electron chi connectivity index (χ1n) is 6.55. The lowest BCUT2D eigenvalue weighted by Crippen LogP contribution is -2.33. The van der Waals surface area contributed by atoms with E-state index in [2.05, 4.69) is 10.1 Å². The molecule has 7 heteroatoms. The number of aliphatic hydroxyl groups is 1. The second-order valence-corrected chi connectivity index (χ2v) is 5.00. The van der Waals surface area contributed by atoms with Gasteiger partial charge >= 0.3 is 5.97 Å². The van der Waals surface area contributed by atoms with Crippen LogP contribution >= 0.6 is 0 Å². The Labute approximate surface area is 115 Å². The standard InChI is InChI=1S/C13H16N4O3/c1-16-12-9(6-15-16)11(10(5-14-12)13(19)20)17-4-2-3-8(17)7-18/h5-6,8,18H,2-4,7H2,1H3,(H,19,20). The number of aromatic carboxylic acids is 1. The maximum Gasteiger partial charge on any atom is 0.339 e. The van der Waals surface area contributed by atoms with E-state index in [1.165, 1.54) is 6.20 Å². The number of hydrogen-bond donors (Lipinski definition) is 2. The molecule has 2 N–H and O–H groups in total. The van der Waals surface area contributed by atoms with Crippen molar-refractivity contribution in [2.75, 3.05) is 18.1 Å². The van der Waals surface area contributed by atoms with Gasteiger partial charge in [0, 0.05) is 19.8 Å². The highest BCUT2D eigenvalue weighted by atomic mass is 16.4. The number of aryl methyl sites for hydroxylation is 1. The number of carboxylic acids is 1. The maximum atomic E-state index is 11.5. The highest BCUT2D eigenvalue weighted by molar-refractivity contribution is 6.03. The van der Waals surface area contributed by atoms with E-state index in [9.17, 15) is 15.0 Å². The van der Waals surface area contributed by atoms with E-state index in [1.54, 1.807) is 17.9 Å². The summed E-state index contributed by atoms with van der Waals surface area (Å²) in [7, 11) is 1.77. The third-order valence-corrected chi connectivity index (χ3v) is 3.84. The molecule has 1 aliphatic rings. The quantitative estimate of drug-likeness (QED) is 0.854. The van der Waals surface area contributed by atoms with Gasteiger partial charge in [-0.2, -0.15) is 5.10 Å². The van der Waals surface area contributed by atoms with Crippen LogP contribution in [0, 0.1) is 0 Å². The lowest BCUT2D eigenvalue weighted by Gasteiger charge is -2.27. The molecule has 3 rings (SSSR count). The fourth-order valence-electron chi connectivity index (χ4n) is 2.87. The zero-order chi connectivity index (χ0) is 14.3. The minimum Gasteiger partial charge on any atom is -0.478 e. The second-order valence-electron chi connectivity index (χ2n) is 5.00. The molecule has 0 aliphatic carbocycles. The fraction of sp³-hybridized carbons (Fsp3) is 0.462. The summed E-state index contributed by atoms with van der Waals surface area (Å²) >= 11 is 0. The van der Waals surface area contributed by atoms with Gasteiger partial charge in [-0.15, -0.1) is 0 Å². The zero-order valence-corrected chi connectivity index (χ0v) is 11.2. The monoisotopic (exact) mass is 276 g/mol. The molecule has 7 nitrogen and oxygen atoms in total. The van der Waals surface area contributed by atoms with Gasteiger partial charge in [-0.25, -0.2) is 9.78 Å². The van der Waals surface area contributed by atoms with Crippen molar-refractivity contribution in [3.63, 3.8) is 0 Å². The van der Waals surface area contributed by atoms with Crippen molar-refractivity contribution in [3.8, 4) is 0 Å². The number of pyridine rings is 1. The molecule has 106 valence electrons. The van der Waals surface area contributed by atoms with E-state index in [1.807, 2.05) is 4.90 Å². The van der Waals surface area contributed by atoms with Gasteiger partial charge in [-0.05, 0) is 12.8 Å². The SMILES string of the molecule is Cn1ncc2c(N3CCCC3CO)c(C(=O)O)cnc21. The molecule has 0 amide bonds. The fourth-order valence-corrected chi connectivity index (χ4v) is 2.87. The van der Waals surface area contributed by atoms with Crippen molar-refractivity contribution < 1.29 is 15.0 Å². The van der Waals surface area contributed by atoms with Crippen molar-refractivity contribution in [1.82, 2.24) is 14.8 Å². The minimum absolute atomic E-state index is 0.0170. The lowest BCUT2D eigenvalue weighted by molar-refractivity contribution is 0.0697. The number of aliphatic hydroxyl groups excluding tert-OH is 1. The van der Waals surface area contributed by atoms with E-state index in [0.29, 0.717) is 16.7 Å². The average molecular weight is 276 g/mol. The number of aromatic nitrogens is 3. The zero-order valence-electron chi connectivity index (χ0n) is 11.2. The van der Waals surface area contributed by atoms with Crippen LogP contribution < -0.4 is 4.90 Å². The van der Waals surface area contributed by atoms with E-state index in [4.69, 9.17) is 0 Å². The number of hydrogen-bond acceptors (Lipinski definition) is 5. The molecule has 0 bridgehead atoms. The van der Waals surface area contributed by atoms with E-state index in [0.717, 1.165) is 19.4 Å². The number of fused-ring (bicyclic) bond motifs is 1. The van der Waals surface area contributed by atoms with Crippen LogP contribution in [0.1, 0.15) is 23.2 Å². The Hall–Kier alpha value is -2.15. The molecule has 1 fully saturated rings. The highest BCUT2D eigenvalue weighted by Gasteiger charge is 2.30. The Kier molecular flexibility index (Phi) is 3.06. The predicted octanol–water partition coefficient (Wildman–Crippen LogP) is 0.628. The molecular formula is C13H16N4O3. The molecule has 1 saturated heterocycles. The van der Waals surface area contributed by atoms with Gasteiger partial charge < -0.3 is 15.1 Å². The van der Waals surface area contributed by atoms with Gasteiger partial charge in [0.15, 0.2) is 5.65 Å². The van der Waals surface area contributed by atoms with Crippen LogP contribution in [0.3, 0.4) is 0 Å². The van der Waals surface area contributed by atoms with Gasteiger partial charge in [-0.1, -0.05) is 0 Å². The van der Waals surface area contributed by atoms with Crippen LogP contribution in [0.5, 0.6) is 0 Å². The first-order chi connectivity index (χ1) is 9.63. The molecule has 2 aromatic rings. The molecule has 3 heterocycles. The van der Waals surface area contributed by atoms with Crippen molar-refractivity contribution in [3.05, 3.63) is 18.0 Å². The third kappa shape index (κ3) is 1.82. The largest absolute Gasteiger partial charge is 0.478 e. The van der Waals surface area contributed by atoms with E-state index in [-0.39, 0.29) is 18.2 Å². The predicted molar refractivity (Wildman–Crippen MR) is 72.9 cm³/mol. The molecule has 1 unspecified atom stereocenters. The van der Waals surface area contributed by atoms with Crippen molar-refractivity contribution in [2.24, 2.45) is 7.05 Å². The van der Waals surface area contributed by atoms with Gasteiger partial charge in [0.1, 0.15) is 5.56 Å². The summed E-state index contributed by atoms with van der Waals surface area (Å²) in [4.78, 5) is 17.6. The Balaban J connectivity index is 2.24. The van der Waals surface area contributed by atoms with Crippen molar-refractivity contribution in [1.29, 1.82) is 0 Å². The van der Waals surface area contributed by atoms with Gasteiger partial charge in [0.25, 0.3) is 0 Å². The summed E-state index contributed by atoms with van der Waals surface area (Å²) in [5, 5.41) is 23.7. The Morgan fingerprint density at radius 3 is 3.00 bits per heavy atom. The Bertz CT molecular complexity index is 667. The molecule has 0 saturated carbocycles. The van der Waals surface area contributed by atoms with Crippen LogP contribution in [-0.4, -0.2) is 50.1 Å². The lowest BCUT2D eigenvalue weighted by atomic mass is 10.1. The summed E-state index contributed by atoms with van der Waals surface area (Å²) in [6.07, 6.45) is 4.80. The number of nitrogens with zero attached hydrogens (tertiary/aromatic N) is 4. The molecule has 20 heavy (non-hydrogen) atoms. The number of anilines is 1. The number of carbonyl (C=O) groups is 1. The molecular weight excluding hydrogens is 260 g/mol. The Morgan fingerprint density at radius 2 is 2.30 bits per heavy atom. The molecule has 0 spiro atoms. The first-order valence-corrected chi connectivity index (χ1v) is 6.55. The van der Waals surface area contributed by atoms with Gasteiger partial charge in [0.05, 0.1) is 29.9 Å². The summed E-state index contributed by atoms with van der Waals surface area (Å²) in [5.74, 6) is -1.01. The smallest absolute Gasteiger partial charge is 0.339 e. The van der Waals surface area contributed by atoms with E-state index < -0.39 is 5.97 Å². The normalized spacial score (nSPS) is 18.9. The first kappa shape index (κ1) is 12.9. The van der Waals surface area contributed by atoms with Gasteiger partial charge in [-0.3, -0.25) is 4.68 Å². The number of rotatable bonds is 3. The molecule has 0 radical (unpaired) electrons. The molecule has 0 aromatic carbocycles. The summed E-state index contributed by atoms with van der Waals surface area (Å²) in [6, 6.07) is -0.0427. The summed E-state index contributed by atoms with van der Waals surface area (Å²) in [5.41, 5.74) is 1.42.